The van der Waals surface area contributed by atoms with Gasteiger partial charge in [0.25, 0.3) is 0 Å². The van der Waals surface area contributed by atoms with Gasteiger partial charge in [-0.3, -0.25) is 4.79 Å². The predicted molar refractivity (Wildman–Crippen MR) is 89.3 cm³/mol. The molecule has 21 heavy (non-hydrogen) atoms. The zero-order valence-corrected chi connectivity index (χ0v) is 13.7. The highest BCUT2D eigenvalue weighted by Crippen LogP contribution is 2.06. The number of aliphatic hydroxyl groups is 1. The molecule has 4 nitrogen and oxygen atoms in total. The molecule has 0 rings (SSSR count). The fraction of sp³-hybridized carbons (Fsp3) is 0.824. The molecule has 0 unspecified atom stereocenters. The van der Waals surface area contributed by atoms with Crippen molar-refractivity contribution < 1.29 is 9.90 Å². The number of hydrogen-bond donors (Lipinski definition) is 3. The molecule has 0 radical (unpaired) electrons. The summed E-state index contributed by atoms with van der Waals surface area (Å²) in [6.45, 7) is 4.98. The van der Waals surface area contributed by atoms with Gasteiger partial charge in [-0.1, -0.05) is 51.2 Å². The summed E-state index contributed by atoms with van der Waals surface area (Å²) < 4.78 is 0. The molecule has 4 heteroatoms. The van der Waals surface area contributed by atoms with Gasteiger partial charge in [0.1, 0.15) is 0 Å². The molecule has 0 aliphatic heterocycles. The van der Waals surface area contributed by atoms with Crippen molar-refractivity contribution in [1.29, 1.82) is 0 Å². The summed E-state index contributed by atoms with van der Waals surface area (Å²) in [4.78, 5) is 11.4. The molecule has 0 aromatic heterocycles. The monoisotopic (exact) mass is 298 g/mol. The van der Waals surface area contributed by atoms with Gasteiger partial charge in [0, 0.05) is 26.1 Å². The third-order valence-electron chi connectivity index (χ3n) is 3.34. The second-order valence-corrected chi connectivity index (χ2v) is 5.38. The highest BCUT2D eigenvalue weighted by Gasteiger charge is 1.96. The second kappa shape index (κ2) is 17.2. The Morgan fingerprint density at radius 1 is 0.905 bits per heavy atom. The maximum Gasteiger partial charge on any atom is 0.223 e. The molecule has 0 heterocycles. The summed E-state index contributed by atoms with van der Waals surface area (Å²) in [6.07, 6.45) is 13.8. The zero-order valence-electron chi connectivity index (χ0n) is 13.7. The lowest BCUT2D eigenvalue weighted by molar-refractivity contribution is -0.120. The molecule has 1 amide bonds. The molecular formula is C17H34N2O2. The van der Waals surface area contributed by atoms with Gasteiger partial charge >= 0.3 is 0 Å². The molecule has 3 N–H and O–H groups in total. The molecule has 0 saturated carbocycles. The van der Waals surface area contributed by atoms with Crippen molar-refractivity contribution in [1.82, 2.24) is 10.6 Å². The topological polar surface area (TPSA) is 61.4 Å². The number of carbonyl (C=O) groups excluding carboxylic acids is 1. The summed E-state index contributed by atoms with van der Waals surface area (Å²) in [5.41, 5.74) is 0. The average molecular weight is 298 g/mol. The van der Waals surface area contributed by atoms with E-state index in [0.717, 1.165) is 32.4 Å². The van der Waals surface area contributed by atoms with Crippen LogP contribution in [0.25, 0.3) is 0 Å². The standard InChI is InChI=1S/C17H34N2O2/c1-2-3-9-12-17(21)19-15-14-18-13-10-7-5-4-6-8-11-16-20/h3,9,18,20H,2,4-8,10-16H2,1H3,(H,19,21)/b9-3+. The van der Waals surface area contributed by atoms with E-state index in [1.54, 1.807) is 0 Å². The van der Waals surface area contributed by atoms with Crippen LogP contribution in [0, 0.1) is 0 Å². The van der Waals surface area contributed by atoms with Gasteiger partial charge in [-0.25, -0.2) is 0 Å². The summed E-state index contributed by atoms with van der Waals surface area (Å²) in [5.74, 6) is 0.101. The number of amides is 1. The molecule has 0 bridgehead atoms. The van der Waals surface area contributed by atoms with Gasteiger partial charge in [-0.2, -0.15) is 0 Å². The number of aliphatic hydroxyl groups excluding tert-OH is 1. The Morgan fingerprint density at radius 3 is 2.24 bits per heavy atom. The first-order chi connectivity index (χ1) is 10.3. The highest BCUT2D eigenvalue weighted by atomic mass is 16.2. The Balaban J connectivity index is 3.11. The van der Waals surface area contributed by atoms with Gasteiger partial charge in [0.2, 0.25) is 5.91 Å². The Kier molecular flexibility index (Phi) is 16.5. The molecule has 0 aliphatic rings. The largest absolute Gasteiger partial charge is 0.396 e. The van der Waals surface area contributed by atoms with Crippen LogP contribution in [0.1, 0.15) is 64.7 Å². The van der Waals surface area contributed by atoms with E-state index in [4.69, 9.17) is 5.11 Å². The molecule has 0 aliphatic carbocycles. The van der Waals surface area contributed by atoms with Crippen molar-refractivity contribution in [2.45, 2.75) is 64.7 Å². The van der Waals surface area contributed by atoms with Gasteiger partial charge in [-0.05, 0) is 25.8 Å². The first-order valence-electron chi connectivity index (χ1n) is 8.54. The van der Waals surface area contributed by atoms with E-state index >= 15 is 0 Å². The van der Waals surface area contributed by atoms with Gasteiger partial charge < -0.3 is 15.7 Å². The van der Waals surface area contributed by atoms with E-state index in [9.17, 15) is 4.79 Å². The van der Waals surface area contributed by atoms with Crippen LogP contribution < -0.4 is 10.6 Å². The van der Waals surface area contributed by atoms with E-state index < -0.39 is 0 Å². The van der Waals surface area contributed by atoms with Gasteiger partial charge in [0.05, 0.1) is 0 Å². The molecule has 0 saturated heterocycles. The lowest BCUT2D eigenvalue weighted by Crippen LogP contribution is -2.31. The SMILES string of the molecule is CC/C=C/CC(=O)NCCNCCCCCCCCCO. The zero-order chi connectivity index (χ0) is 15.6. The number of nitrogens with one attached hydrogen (secondary N) is 2. The predicted octanol–water partition coefficient (Wildman–Crippen LogP) is 2.77. The third-order valence-corrected chi connectivity index (χ3v) is 3.34. The maximum atomic E-state index is 11.4. The van der Waals surface area contributed by atoms with Crippen LogP contribution in [-0.2, 0) is 4.79 Å². The van der Waals surface area contributed by atoms with E-state index in [2.05, 4.69) is 17.6 Å². The minimum atomic E-state index is 0.101. The van der Waals surface area contributed by atoms with Crippen molar-refractivity contribution in [2.75, 3.05) is 26.2 Å². The molecule has 124 valence electrons. The Hall–Kier alpha value is -0.870. The smallest absolute Gasteiger partial charge is 0.223 e. The quantitative estimate of drug-likeness (QED) is 0.322. The van der Waals surface area contributed by atoms with Crippen molar-refractivity contribution >= 4 is 5.91 Å². The van der Waals surface area contributed by atoms with E-state index in [0.29, 0.717) is 19.6 Å². The summed E-state index contributed by atoms with van der Waals surface area (Å²) in [6, 6.07) is 0. The second-order valence-electron chi connectivity index (χ2n) is 5.38. The average Bonchev–Trinajstić information content (AvgIpc) is 2.48. The van der Waals surface area contributed by atoms with E-state index in [-0.39, 0.29) is 5.91 Å². The van der Waals surface area contributed by atoms with Crippen LogP contribution >= 0.6 is 0 Å². The molecule has 0 aromatic rings. The first-order valence-corrected chi connectivity index (χ1v) is 8.54. The van der Waals surface area contributed by atoms with Crippen molar-refractivity contribution in [2.24, 2.45) is 0 Å². The number of allylic oxidation sites excluding steroid dienone is 1. The van der Waals surface area contributed by atoms with Crippen molar-refractivity contribution in [3.8, 4) is 0 Å². The number of carbonyl (C=O) groups is 1. The lowest BCUT2D eigenvalue weighted by Gasteiger charge is -2.06. The number of unbranched alkanes of at least 4 members (excludes halogenated alkanes) is 6. The highest BCUT2D eigenvalue weighted by molar-refractivity contribution is 5.77. The molecule has 0 atom stereocenters. The minimum absolute atomic E-state index is 0.101. The lowest BCUT2D eigenvalue weighted by atomic mass is 10.1. The Labute approximate surface area is 130 Å². The molecule has 0 aromatic carbocycles. The Bertz CT molecular complexity index is 255. The maximum absolute atomic E-state index is 11.4. The van der Waals surface area contributed by atoms with Gasteiger partial charge in [-0.15, -0.1) is 0 Å². The van der Waals surface area contributed by atoms with Crippen LogP contribution in [0.15, 0.2) is 12.2 Å². The van der Waals surface area contributed by atoms with Crippen LogP contribution in [0.5, 0.6) is 0 Å². The Morgan fingerprint density at radius 2 is 1.57 bits per heavy atom. The van der Waals surface area contributed by atoms with Crippen LogP contribution in [0.2, 0.25) is 0 Å². The summed E-state index contributed by atoms with van der Waals surface area (Å²) in [7, 11) is 0. The van der Waals surface area contributed by atoms with Gasteiger partial charge in [0.15, 0.2) is 0 Å². The van der Waals surface area contributed by atoms with Crippen molar-refractivity contribution in [3.63, 3.8) is 0 Å². The molecule has 0 spiro atoms. The first kappa shape index (κ1) is 20.1. The number of hydrogen-bond acceptors (Lipinski definition) is 3. The third kappa shape index (κ3) is 17.1. The van der Waals surface area contributed by atoms with E-state index in [1.165, 1.54) is 32.1 Å². The normalized spacial score (nSPS) is 11.1. The van der Waals surface area contributed by atoms with Crippen LogP contribution in [-0.4, -0.2) is 37.3 Å². The summed E-state index contributed by atoms with van der Waals surface area (Å²) in [5, 5.41) is 14.9. The number of rotatable bonds is 15. The van der Waals surface area contributed by atoms with Crippen LogP contribution in [0.3, 0.4) is 0 Å². The minimum Gasteiger partial charge on any atom is -0.396 e. The van der Waals surface area contributed by atoms with E-state index in [1.807, 2.05) is 12.2 Å². The molecular weight excluding hydrogens is 264 g/mol. The molecule has 0 fully saturated rings. The van der Waals surface area contributed by atoms with Crippen LogP contribution in [0.4, 0.5) is 0 Å². The fourth-order valence-electron chi connectivity index (χ4n) is 2.09. The van der Waals surface area contributed by atoms with Crippen molar-refractivity contribution in [3.05, 3.63) is 12.2 Å². The fourth-order valence-corrected chi connectivity index (χ4v) is 2.09. The summed E-state index contributed by atoms with van der Waals surface area (Å²) >= 11 is 0.